The first kappa shape index (κ1) is 18.9. The van der Waals surface area contributed by atoms with E-state index in [0.717, 1.165) is 22.0 Å². The van der Waals surface area contributed by atoms with Crippen molar-refractivity contribution in [1.29, 1.82) is 0 Å². The summed E-state index contributed by atoms with van der Waals surface area (Å²) in [6.45, 7) is 3.87. The number of fused-ring (bicyclic) bond motifs is 2. The van der Waals surface area contributed by atoms with Gasteiger partial charge in [-0.05, 0) is 31.0 Å². The predicted molar refractivity (Wildman–Crippen MR) is 112 cm³/mol. The van der Waals surface area contributed by atoms with E-state index in [0.29, 0.717) is 27.5 Å². The number of para-hydroxylation sites is 1. The number of hydrogen-bond donors (Lipinski definition) is 3. The normalized spacial score (nSPS) is 11.0. The van der Waals surface area contributed by atoms with Gasteiger partial charge in [0, 0.05) is 17.1 Å². The fourth-order valence-electron chi connectivity index (χ4n) is 3.18. The number of aryl methyl sites for hydroxylation is 1. The van der Waals surface area contributed by atoms with Crippen LogP contribution in [0.1, 0.15) is 27.7 Å². The van der Waals surface area contributed by atoms with E-state index in [-0.39, 0.29) is 18.3 Å². The summed E-state index contributed by atoms with van der Waals surface area (Å²) in [6, 6.07) is 7.82. The van der Waals surface area contributed by atoms with Gasteiger partial charge in [0.05, 0.1) is 18.4 Å². The van der Waals surface area contributed by atoms with Gasteiger partial charge in [0.25, 0.3) is 0 Å². The van der Waals surface area contributed by atoms with Crippen molar-refractivity contribution < 1.29 is 14.3 Å². The molecule has 0 aliphatic heterocycles. The predicted octanol–water partition coefficient (Wildman–Crippen LogP) is 3.34. The first-order chi connectivity index (χ1) is 14.1. The summed E-state index contributed by atoms with van der Waals surface area (Å²) in [5, 5.41) is 1.70. The number of H-pyrrole nitrogens is 1. The molecule has 3 heterocycles. The molecule has 4 aromatic rings. The molecular weight excluding hydrogens is 390 g/mol. The SMILES string of the molecule is CCOC(=O)c1sc2ncnc(NNC(=O)Cc3c[nH]c4ccccc34)c2c1C. The summed E-state index contributed by atoms with van der Waals surface area (Å²) in [4.78, 5) is 37.3. The standard InChI is InChI=1S/C20H19N5O3S/c1-3-28-20(27)17-11(2)16-18(22-10-23-19(16)29-17)25-24-15(26)8-12-9-21-14-7-5-4-6-13(12)14/h4-7,9-10,21H,3,8H2,1-2H3,(H,24,26)(H,22,23,25). The van der Waals surface area contributed by atoms with Crippen molar-refractivity contribution in [3.8, 4) is 0 Å². The average Bonchev–Trinajstić information content (AvgIpc) is 3.28. The second kappa shape index (κ2) is 7.88. The Kier molecular flexibility index (Phi) is 5.13. The fraction of sp³-hybridized carbons (Fsp3) is 0.200. The highest BCUT2D eigenvalue weighted by Crippen LogP contribution is 2.33. The van der Waals surface area contributed by atoms with Crippen molar-refractivity contribution in [3.05, 3.63) is 52.8 Å². The largest absolute Gasteiger partial charge is 0.462 e. The monoisotopic (exact) mass is 409 g/mol. The number of ether oxygens (including phenoxy) is 1. The van der Waals surface area contributed by atoms with Crippen LogP contribution in [0.15, 0.2) is 36.8 Å². The van der Waals surface area contributed by atoms with Crippen LogP contribution in [-0.2, 0) is 16.0 Å². The zero-order chi connectivity index (χ0) is 20.4. The van der Waals surface area contributed by atoms with Crippen LogP contribution in [0.2, 0.25) is 0 Å². The molecule has 4 rings (SSSR count). The van der Waals surface area contributed by atoms with Crippen LogP contribution in [0.25, 0.3) is 21.1 Å². The number of hydrogen-bond acceptors (Lipinski definition) is 7. The number of anilines is 1. The van der Waals surface area contributed by atoms with Gasteiger partial charge in [0.2, 0.25) is 5.91 Å². The van der Waals surface area contributed by atoms with E-state index in [9.17, 15) is 9.59 Å². The van der Waals surface area contributed by atoms with Gasteiger partial charge >= 0.3 is 5.97 Å². The molecule has 0 aliphatic carbocycles. The van der Waals surface area contributed by atoms with Crippen LogP contribution < -0.4 is 10.9 Å². The van der Waals surface area contributed by atoms with Gasteiger partial charge in [-0.3, -0.25) is 15.6 Å². The van der Waals surface area contributed by atoms with Crippen molar-refractivity contribution in [3.63, 3.8) is 0 Å². The van der Waals surface area contributed by atoms with Gasteiger partial charge in [0.15, 0.2) is 5.82 Å². The number of rotatable bonds is 6. The molecule has 0 fully saturated rings. The van der Waals surface area contributed by atoms with Crippen LogP contribution in [0, 0.1) is 6.92 Å². The third-order valence-electron chi connectivity index (χ3n) is 4.53. The maximum Gasteiger partial charge on any atom is 0.348 e. The Morgan fingerprint density at radius 1 is 1.24 bits per heavy atom. The molecule has 3 N–H and O–H groups in total. The summed E-state index contributed by atoms with van der Waals surface area (Å²) < 4.78 is 5.10. The fourth-order valence-corrected chi connectivity index (χ4v) is 4.22. The highest BCUT2D eigenvalue weighted by molar-refractivity contribution is 7.20. The van der Waals surface area contributed by atoms with E-state index in [1.54, 1.807) is 6.92 Å². The minimum Gasteiger partial charge on any atom is -0.462 e. The molecule has 1 aromatic carbocycles. The molecule has 0 spiro atoms. The van der Waals surface area contributed by atoms with Gasteiger partial charge < -0.3 is 9.72 Å². The Morgan fingerprint density at radius 3 is 2.90 bits per heavy atom. The summed E-state index contributed by atoms with van der Waals surface area (Å²) in [5.74, 6) is -0.158. The van der Waals surface area contributed by atoms with E-state index in [1.165, 1.54) is 17.7 Å². The van der Waals surface area contributed by atoms with Crippen LogP contribution in [0.5, 0.6) is 0 Å². The highest BCUT2D eigenvalue weighted by Gasteiger charge is 2.20. The van der Waals surface area contributed by atoms with Gasteiger partial charge in [-0.25, -0.2) is 14.8 Å². The van der Waals surface area contributed by atoms with E-state index < -0.39 is 0 Å². The quantitative estimate of drug-likeness (QED) is 0.333. The van der Waals surface area contributed by atoms with E-state index in [2.05, 4.69) is 25.8 Å². The summed E-state index contributed by atoms with van der Waals surface area (Å²) >= 11 is 1.24. The Labute approximate surface area is 170 Å². The lowest BCUT2D eigenvalue weighted by Gasteiger charge is -2.09. The van der Waals surface area contributed by atoms with Crippen molar-refractivity contribution in [2.45, 2.75) is 20.3 Å². The van der Waals surface area contributed by atoms with Crippen molar-refractivity contribution in [2.24, 2.45) is 0 Å². The molecular formula is C20H19N5O3S. The smallest absolute Gasteiger partial charge is 0.348 e. The number of nitrogens with zero attached hydrogens (tertiary/aromatic N) is 2. The van der Waals surface area contributed by atoms with Crippen molar-refractivity contribution in [2.75, 3.05) is 12.0 Å². The number of carbonyl (C=O) groups is 2. The topological polar surface area (TPSA) is 109 Å². The van der Waals surface area contributed by atoms with E-state index in [1.807, 2.05) is 37.4 Å². The van der Waals surface area contributed by atoms with Crippen molar-refractivity contribution >= 4 is 50.2 Å². The first-order valence-corrected chi connectivity index (χ1v) is 9.91. The molecule has 0 saturated heterocycles. The van der Waals surface area contributed by atoms with E-state index in [4.69, 9.17) is 4.74 Å². The molecule has 148 valence electrons. The molecule has 9 heteroatoms. The van der Waals surface area contributed by atoms with Gasteiger partial charge in [-0.1, -0.05) is 18.2 Å². The number of aromatic nitrogens is 3. The average molecular weight is 409 g/mol. The molecule has 0 saturated carbocycles. The maximum atomic E-state index is 12.4. The second-order valence-corrected chi connectivity index (χ2v) is 7.39. The molecule has 0 aliphatic rings. The van der Waals surface area contributed by atoms with Crippen LogP contribution in [0.4, 0.5) is 5.82 Å². The number of amides is 1. The Balaban J connectivity index is 1.52. The molecule has 8 nitrogen and oxygen atoms in total. The van der Waals surface area contributed by atoms with Gasteiger partial charge in [-0.2, -0.15) is 0 Å². The second-order valence-electron chi connectivity index (χ2n) is 6.39. The minimum atomic E-state index is -0.387. The number of nitrogens with one attached hydrogen (secondary N) is 3. The Bertz CT molecular complexity index is 1210. The number of thiophene rings is 1. The zero-order valence-electron chi connectivity index (χ0n) is 15.9. The third kappa shape index (κ3) is 3.64. The molecule has 0 unspecified atom stereocenters. The molecule has 1 amide bonds. The number of hydrazine groups is 1. The molecule has 0 bridgehead atoms. The van der Waals surface area contributed by atoms with Gasteiger partial charge in [0.1, 0.15) is 16.0 Å². The number of esters is 1. The number of benzene rings is 1. The summed E-state index contributed by atoms with van der Waals surface area (Å²) in [5.41, 5.74) is 8.16. The Hall–Kier alpha value is -3.46. The molecule has 29 heavy (non-hydrogen) atoms. The molecule has 0 radical (unpaired) electrons. The third-order valence-corrected chi connectivity index (χ3v) is 5.71. The summed E-state index contributed by atoms with van der Waals surface area (Å²) in [7, 11) is 0. The molecule has 3 aromatic heterocycles. The minimum absolute atomic E-state index is 0.208. The lowest BCUT2D eigenvalue weighted by molar-refractivity contribution is -0.119. The van der Waals surface area contributed by atoms with E-state index >= 15 is 0 Å². The Morgan fingerprint density at radius 2 is 2.07 bits per heavy atom. The first-order valence-electron chi connectivity index (χ1n) is 9.09. The van der Waals surface area contributed by atoms with Crippen molar-refractivity contribution in [1.82, 2.24) is 20.4 Å². The lowest BCUT2D eigenvalue weighted by atomic mass is 10.1. The lowest BCUT2D eigenvalue weighted by Crippen LogP contribution is -2.31. The maximum absolute atomic E-state index is 12.4. The van der Waals surface area contributed by atoms with Crippen LogP contribution >= 0.6 is 11.3 Å². The zero-order valence-corrected chi connectivity index (χ0v) is 16.7. The van der Waals surface area contributed by atoms with Crippen LogP contribution in [-0.4, -0.2) is 33.4 Å². The highest BCUT2D eigenvalue weighted by atomic mass is 32.1. The van der Waals surface area contributed by atoms with Gasteiger partial charge in [-0.15, -0.1) is 11.3 Å². The number of aromatic amines is 1. The molecule has 0 atom stereocenters. The van der Waals surface area contributed by atoms with Crippen LogP contribution in [0.3, 0.4) is 0 Å². The summed E-state index contributed by atoms with van der Waals surface area (Å²) in [6.07, 6.45) is 3.44. The number of carbonyl (C=O) groups excluding carboxylic acids is 2.